The molecule has 0 unspecified atom stereocenters. The Hall–Kier alpha value is -3.22. The van der Waals surface area contributed by atoms with Crippen LogP contribution in [0.25, 0.3) is 0 Å². The van der Waals surface area contributed by atoms with Crippen LogP contribution < -0.4 is 20.9 Å². The molecule has 1 aliphatic heterocycles. The molecular weight excluding hydrogens is 467 g/mol. The number of ether oxygens (including phenoxy) is 1. The Bertz CT molecular complexity index is 1050. The third-order valence-electron chi connectivity index (χ3n) is 4.39. The van der Waals surface area contributed by atoms with E-state index in [0.29, 0.717) is 16.6 Å². The van der Waals surface area contributed by atoms with Crippen LogP contribution in [0.5, 0.6) is 0 Å². The number of hydrogen-bond acceptors (Lipinski definition) is 6. The Labute approximate surface area is 190 Å². The van der Waals surface area contributed by atoms with Crippen molar-refractivity contribution in [1.29, 1.82) is 0 Å². The minimum Gasteiger partial charge on any atom is -0.465 e. The van der Waals surface area contributed by atoms with Gasteiger partial charge in [-0.3, -0.25) is 14.4 Å². The van der Waals surface area contributed by atoms with E-state index in [1.807, 2.05) is 5.32 Å². The second kappa shape index (κ2) is 10.4. The van der Waals surface area contributed by atoms with Crippen molar-refractivity contribution in [1.82, 2.24) is 10.6 Å². The van der Waals surface area contributed by atoms with Gasteiger partial charge in [0.1, 0.15) is 18.5 Å². The zero-order chi connectivity index (χ0) is 23.3. The van der Waals surface area contributed by atoms with Gasteiger partial charge in [-0.2, -0.15) is 0 Å². The second-order valence-corrected chi connectivity index (χ2v) is 8.28. The zero-order valence-electron chi connectivity index (χ0n) is 16.4. The van der Waals surface area contributed by atoms with Gasteiger partial charge in [-0.05, 0) is 30.3 Å². The van der Waals surface area contributed by atoms with Crippen molar-refractivity contribution < 1.29 is 33.4 Å². The molecule has 0 spiro atoms. The largest absolute Gasteiger partial charge is 0.465 e. The lowest BCUT2D eigenvalue weighted by Gasteiger charge is -2.27. The third-order valence-corrected chi connectivity index (χ3v) is 5.62. The maximum absolute atomic E-state index is 14.6. The molecule has 1 aromatic carbocycles. The molecule has 4 N–H and O–H groups in total. The minimum atomic E-state index is -1.50. The van der Waals surface area contributed by atoms with Gasteiger partial charge in [-0.25, -0.2) is 9.18 Å². The molecule has 32 heavy (non-hydrogen) atoms. The van der Waals surface area contributed by atoms with Gasteiger partial charge in [0.15, 0.2) is 0 Å². The van der Waals surface area contributed by atoms with Crippen molar-refractivity contribution in [3.63, 3.8) is 0 Å². The molecule has 0 aliphatic carbocycles. The number of carbonyl (C=O) groups excluding carboxylic acids is 3. The smallest absolute Gasteiger partial charge is 0.405 e. The average molecular weight is 485 g/mol. The number of carbonyl (C=O) groups is 4. The molecule has 1 aliphatic rings. The lowest BCUT2D eigenvalue weighted by molar-refractivity contribution is -0.125. The molecule has 0 saturated carbocycles. The van der Waals surface area contributed by atoms with E-state index in [0.717, 1.165) is 17.4 Å². The molecule has 1 fully saturated rings. The van der Waals surface area contributed by atoms with Gasteiger partial charge >= 0.3 is 6.09 Å². The highest BCUT2D eigenvalue weighted by molar-refractivity contribution is 7.18. The highest BCUT2D eigenvalue weighted by Gasteiger charge is 2.24. The number of rotatable bonds is 7. The standard InChI is InChI=1S/C19H18ClFN4O6S/c20-15-4-3-14(32-15)18(28)22-8-13(24-19(29)30)17(27)23-12-2-1-10(7-11(12)21)25-5-6-31-9-16(25)26/h1-4,7,13,24H,5-6,8-9H2,(H,22,28)(H,23,27)(H,29,30)/t13-/m0/s1. The summed E-state index contributed by atoms with van der Waals surface area (Å²) in [5.74, 6) is -2.56. The summed E-state index contributed by atoms with van der Waals surface area (Å²) in [4.78, 5) is 49.3. The van der Waals surface area contributed by atoms with Gasteiger partial charge in [0.25, 0.3) is 11.8 Å². The summed E-state index contributed by atoms with van der Waals surface area (Å²) in [6.07, 6.45) is -1.50. The van der Waals surface area contributed by atoms with Gasteiger partial charge in [-0.15, -0.1) is 11.3 Å². The number of benzene rings is 1. The molecule has 1 saturated heterocycles. The first-order valence-corrected chi connectivity index (χ1v) is 10.5. The van der Waals surface area contributed by atoms with E-state index in [1.165, 1.54) is 29.2 Å². The highest BCUT2D eigenvalue weighted by Crippen LogP contribution is 2.24. The summed E-state index contributed by atoms with van der Waals surface area (Å²) in [7, 11) is 0. The topological polar surface area (TPSA) is 137 Å². The summed E-state index contributed by atoms with van der Waals surface area (Å²) >= 11 is 6.80. The van der Waals surface area contributed by atoms with E-state index in [4.69, 9.17) is 21.4 Å². The Kier molecular flexibility index (Phi) is 7.62. The number of anilines is 2. The molecule has 0 bridgehead atoms. The number of nitrogens with zero attached hydrogens (tertiary/aromatic N) is 1. The summed E-state index contributed by atoms with van der Waals surface area (Å²) in [5, 5.41) is 15.7. The predicted octanol–water partition coefficient (Wildman–Crippen LogP) is 1.91. The maximum atomic E-state index is 14.6. The van der Waals surface area contributed by atoms with Gasteiger partial charge in [-0.1, -0.05) is 11.6 Å². The Balaban J connectivity index is 1.66. The van der Waals surface area contributed by atoms with Crippen molar-refractivity contribution in [3.8, 4) is 0 Å². The van der Waals surface area contributed by atoms with Crippen LogP contribution in [-0.4, -0.2) is 61.3 Å². The van der Waals surface area contributed by atoms with Gasteiger partial charge in [0.05, 0.1) is 21.5 Å². The zero-order valence-corrected chi connectivity index (χ0v) is 18.0. The third kappa shape index (κ3) is 5.93. The molecule has 3 rings (SSSR count). The number of nitrogens with one attached hydrogen (secondary N) is 3. The number of carboxylic acid groups (broad SMARTS) is 1. The van der Waals surface area contributed by atoms with Gasteiger partial charge in [0, 0.05) is 18.8 Å². The Morgan fingerprint density at radius 1 is 1.28 bits per heavy atom. The number of thiophene rings is 1. The van der Waals surface area contributed by atoms with Crippen LogP contribution in [-0.2, 0) is 14.3 Å². The SMILES string of the molecule is O=C(O)N[C@@H](CNC(=O)c1ccc(Cl)s1)C(=O)Nc1ccc(N2CCOCC2=O)cc1F. The monoisotopic (exact) mass is 484 g/mol. The van der Waals surface area contributed by atoms with Crippen molar-refractivity contribution in [2.24, 2.45) is 0 Å². The maximum Gasteiger partial charge on any atom is 0.405 e. The number of morpholine rings is 1. The first-order chi connectivity index (χ1) is 15.2. The normalized spacial score (nSPS) is 14.6. The van der Waals surface area contributed by atoms with Crippen molar-refractivity contribution >= 4 is 58.1 Å². The van der Waals surface area contributed by atoms with Crippen LogP contribution in [0.3, 0.4) is 0 Å². The number of amides is 4. The van der Waals surface area contributed by atoms with E-state index >= 15 is 0 Å². The molecule has 13 heteroatoms. The predicted molar refractivity (Wildman–Crippen MR) is 115 cm³/mol. The lowest BCUT2D eigenvalue weighted by atomic mass is 10.2. The molecule has 0 radical (unpaired) electrons. The summed E-state index contributed by atoms with van der Waals surface area (Å²) in [6, 6.07) is 5.41. The van der Waals surface area contributed by atoms with E-state index in [9.17, 15) is 23.6 Å². The van der Waals surface area contributed by atoms with Gasteiger partial charge < -0.3 is 30.7 Å². The average Bonchev–Trinajstić information content (AvgIpc) is 3.19. The summed E-state index contributed by atoms with van der Waals surface area (Å²) < 4.78 is 20.0. The summed E-state index contributed by atoms with van der Waals surface area (Å²) in [5.41, 5.74) is 0.0869. The first kappa shape index (κ1) is 23.4. The van der Waals surface area contributed by atoms with E-state index < -0.39 is 29.8 Å². The quantitative estimate of drug-likeness (QED) is 0.474. The van der Waals surface area contributed by atoms with Crippen molar-refractivity contribution in [3.05, 3.63) is 45.4 Å². The molecule has 1 aromatic heterocycles. The fourth-order valence-corrected chi connectivity index (χ4v) is 3.82. The van der Waals surface area contributed by atoms with Crippen LogP contribution in [0.4, 0.5) is 20.6 Å². The molecule has 2 heterocycles. The molecule has 2 aromatic rings. The van der Waals surface area contributed by atoms with Gasteiger partial charge in [0.2, 0.25) is 5.91 Å². The minimum absolute atomic E-state index is 0.105. The van der Waals surface area contributed by atoms with E-state index in [-0.39, 0.29) is 36.2 Å². The molecule has 170 valence electrons. The van der Waals surface area contributed by atoms with Crippen molar-refractivity contribution in [2.75, 3.05) is 36.5 Å². The van der Waals surface area contributed by atoms with Crippen LogP contribution >= 0.6 is 22.9 Å². The number of halogens is 2. The number of hydrogen-bond donors (Lipinski definition) is 4. The second-order valence-electron chi connectivity index (χ2n) is 6.57. The van der Waals surface area contributed by atoms with Crippen LogP contribution in [0.2, 0.25) is 4.34 Å². The van der Waals surface area contributed by atoms with E-state index in [1.54, 1.807) is 0 Å². The fourth-order valence-electron chi connectivity index (χ4n) is 2.86. The van der Waals surface area contributed by atoms with Crippen LogP contribution in [0.15, 0.2) is 30.3 Å². The fraction of sp³-hybridized carbons (Fsp3) is 0.263. The van der Waals surface area contributed by atoms with Crippen LogP contribution in [0, 0.1) is 5.82 Å². The lowest BCUT2D eigenvalue weighted by Crippen LogP contribution is -2.50. The van der Waals surface area contributed by atoms with Crippen molar-refractivity contribution in [2.45, 2.75) is 6.04 Å². The molecule has 4 amide bonds. The highest BCUT2D eigenvalue weighted by atomic mass is 35.5. The Morgan fingerprint density at radius 3 is 2.69 bits per heavy atom. The first-order valence-electron chi connectivity index (χ1n) is 9.26. The molecular formula is C19H18ClFN4O6S. The summed E-state index contributed by atoms with van der Waals surface area (Å²) in [6.45, 7) is 0.0992. The molecule has 1 atom stereocenters. The molecule has 10 nitrogen and oxygen atoms in total. The Morgan fingerprint density at radius 2 is 2.06 bits per heavy atom. The van der Waals surface area contributed by atoms with E-state index in [2.05, 4.69) is 10.6 Å². The van der Waals surface area contributed by atoms with Crippen LogP contribution in [0.1, 0.15) is 9.67 Å².